The molecule has 1 aromatic rings. The van der Waals surface area contributed by atoms with Gasteiger partial charge in [0.1, 0.15) is 11.4 Å². The van der Waals surface area contributed by atoms with Crippen LogP contribution in [0.15, 0.2) is 18.2 Å². The largest absolute Gasteiger partial charge is 0.351 e. The number of unbranched alkanes of at least 4 members (excludes halogenated alkanes) is 2. The molecule has 0 aromatic carbocycles. The molecule has 0 aliphatic heterocycles. The molecule has 0 radical (unpaired) electrons. The number of carbonyl (C=O) groups excluding carboxylic acids is 2. The smallest absolute Gasteiger partial charge is 0.269 e. The van der Waals surface area contributed by atoms with Gasteiger partial charge in [0, 0.05) is 19.6 Å². The van der Waals surface area contributed by atoms with E-state index in [-0.39, 0.29) is 23.2 Å². The lowest BCUT2D eigenvalue weighted by Crippen LogP contribution is -2.32. The zero-order valence-corrected chi connectivity index (χ0v) is 13.7. The van der Waals surface area contributed by atoms with Crippen molar-refractivity contribution < 1.29 is 9.59 Å². The van der Waals surface area contributed by atoms with Gasteiger partial charge in [0.15, 0.2) is 0 Å². The van der Waals surface area contributed by atoms with Gasteiger partial charge in [0.2, 0.25) is 0 Å². The third-order valence-electron chi connectivity index (χ3n) is 3.12. The maximum absolute atomic E-state index is 12.0. The topological polar surface area (TPSA) is 74.3 Å². The Bertz CT molecular complexity index is 489. The average molecular weight is 306 g/mol. The number of aromatic nitrogens is 1. The summed E-state index contributed by atoms with van der Waals surface area (Å²) < 4.78 is 0. The molecule has 0 unspecified atom stereocenters. The molecule has 0 atom stereocenters. The molecule has 0 fully saturated rings. The van der Waals surface area contributed by atoms with Crippen molar-refractivity contribution in [3.05, 3.63) is 29.6 Å². The summed E-state index contributed by atoms with van der Waals surface area (Å²) in [6, 6.07) is 4.90. The van der Waals surface area contributed by atoms with Gasteiger partial charge in [0.25, 0.3) is 11.8 Å². The molecule has 1 rings (SSSR count). The summed E-state index contributed by atoms with van der Waals surface area (Å²) in [5.41, 5.74) is 0.539. The summed E-state index contributed by atoms with van der Waals surface area (Å²) in [6.45, 7) is 4.04. The SMILES string of the molecule is CCCCCNC(=O)c1cccc(C(=O)NCCN(C)C)n1. The molecule has 22 heavy (non-hydrogen) atoms. The van der Waals surface area contributed by atoms with Crippen molar-refractivity contribution in [2.24, 2.45) is 0 Å². The van der Waals surface area contributed by atoms with E-state index in [0.29, 0.717) is 13.1 Å². The van der Waals surface area contributed by atoms with Crippen LogP contribution in [-0.4, -0.2) is 55.4 Å². The predicted molar refractivity (Wildman–Crippen MR) is 87.0 cm³/mol. The van der Waals surface area contributed by atoms with E-state index < -0.39 is 0 Å². The van der Waals surface area contributed by atoms with Crippen LogP contribution < -0.4 is 10.6 Å². The van der Waals surface area contributed by atoms with Gasteiger partial charge >= 0.3 is 0 Å². The van der Waals surface area contributed by atoms with E-state index >= 15 is 0 Å². The number of pyridine rings is 1. The molecular weight excluding hydrogens is 280 g/mol. The lowest BCUT2D eigenvalue weighted by Gasteiger charge is -2.10. The first kappa shape index (κ1) is 18.1. The van der Waals surface area contributed by atoms with E-state index in [1.165, 1.54) is 0 Å². The van der Waals surface area contributed by atoms with Crippen LogP contribution in [0.25, 0.3) is 0 Å². The minimum absolute atomic E-state index is 0.237. The van der Waals surface area contributed by atoms with Crippen molar-refractivity contribution in [2.45, 2.75) is 26.2 Å². The van der Waals surface area contributed by atoms with Crippen LogP contribution in [0.5, 0.6) is 0 Å². The molecule has 0 aliphatic rings. The first-order valence-electron chi connectivity index (χ1n) is 7.72. The molecule has 1 aromatic heterocycles. The van der Waals surface area contributed by atoms with Crippen molar-refractivity contribution in [1.82, 2.24) is 20.5 Å². The van der Waals surface area contributed by atoms with E-state index in [9.17, 15) is 9.59 Å². The van der Waals surface area contributed by atoms with E-state index in [2.05, 4.69) is 22.5 Å². The van der Waals surface area contributed by atoms with Crippen molar-refractivity contribution >= 4 is 11.8 Å². The van der Waals surface area contributed by atoms with Crippen molar-refractivity contribution in [1.29, 1.82) is 0 Å². The van der Waals surface area contributed by atoms with Crippen molar-refractivity contribution in [3.63, 3.8) is 0 Å². The Hall–Kier alpha value is -1.95. The summed E-state index contributed by atoms with van der Waals surface area (Å²) in [6.07, 6.45) is 3.14. The third-order valence-corrected chi connectivity index (χ3v) is 3.12. The molecule has 0 bridgehead atoms. The Labute approximate surface area is 132 Å². The first-order valence-corrected chi connectivity index (χ1v) is 7.72. The van der Waals surface area contributed by atoms with E-state index in [1.54, 1.807) is 18.2 Å². The highest BCUT2D eigenvalue weighted by Gasteiger charge is 2.11. The van der Waals surface area contributed by atoms with Crippen LogP contribution >= 0.6 is 0 Å². The molecule has 0 spiro atoms. The Morgan fingerprint density at radius 3 is 2.18 bits per heavy atom. The van der Waals surface area contributed by atoms with E-state index in [1.807, 2.05) is 19.0 Å². The maximum Gasteiger partial charge on any atom is 0.269 e. The summed E-state index contributed by atoms with van der Waals surface area (Å²) >= 11 is 0. The van der Waals surface area contributed by atoms with Crippen LogP contribution in [0.2, 0.25) is 0 Å². The number of nitrogens with zero attached hydrogens (tertiary/aromatic N) is 2. The fraction of sp³-hybridized carbons (Fsp3) is 0.562. The normalized spacial score (nSPS) is 10.5. The first-order chi connectivity index (χ1) is 10.5. The minimum atomic E-state index is -0.262. The number of hydrogen-bond acceptors (Lipinski definition) is 4. The third kappa shape index (κ3) is 6.67. The molecule has 1 heterocycles. The molecule has 0 aliphatic carbocycles. The maximum atomic E-state index is 12.0. The Morgan fingerprint density at radius 2 is 1.64 bits per heavy atom. The number of amides is 2. The standard InChI is InChI=1S/C16H26N4O2/c1-4-5-6-10-17-15(21)13-8-7-9-14(19-13)16(22)18-11-12-20(2)3/h7-9H,4-6,10-12H2,1-3H3,(H,17,21)(H,18,22). The number of rotatable bonds is 9. The lowest BCUT2D eigenvalue weighted by molar-refractivity contribution is 0.0942. The van der Waals surface area contributed by atoms with Gasteiger partial charge in [-0.1, -0.05) is 25.8 Å². The minimum Gasteiger partial charge on any atom is -0.351 e. The zero-order valence-electron chi connectivity index (χ0n) is 13.7. The summed E-state index contributed by atoms with van der Waals surface area (Å²) in [5.74, 6) is -0.499. The van der Waals surface area contributed by atoms with E-state index in [0.717, 1.165) is 25.8 Å². The second kappa shape index (κ2) is 9.89. The number of likely N-dealkylation sites (N-methyl/N-ethyl adjacent to an activating group) is 1. The summed E-state index contributed by atoms with van der Waals surface area (Å²) in [7, 11) is 3.88. The Kier molecular flexibility index (Phi) is 8.14. The number of nitrogens with one attached hydrogen (secondary N) is 2. The van der Waals surface area contributed by atoms with Crippen molar-refractivity contribution in [3.8, 4) is 0 Å². The summed E-state index contributed by atoms with van der Waals surface area (Å²) in [5, 5.41) is 5.60. The molecule has 6 heteroatoms. The lowest BCUT2D eigenvalue weighted by atomic mass is 10.2. The second-order valence-corrected chi connectivity index (χ2v) is 5.43. The molecule has 0 saturated heterocycles. The van der Waals surface area contributed by atoms with Gasteiger partial charge in [-0.2, -0.15) is 0 Å². The molecule has 2 amide bonds. The highest BCUT2D eigenvalue weighted by molar-refractivity contribution is 5.96. The van der Waals surface area contributed by atoms with Gasteiger partial charge in [-0.15, -0.1) is 0 Å². The Morgan fingerprint density at radius 1 is 1.05 bits per heavy atom. The van der Waals surface area contributed by atoms with E-state index in [4.69, 9.17) is 0 Å². The van der Waals surface area contributed by atoms with Gasteiger partial charge < -0.3 is 15.5 Å². The average Bonchev–Trinajstić information content (AvgIpc) is 2.51. The monoisotopic (exact) mass is 306 g/mol. The predicted octanol–water partition coefficient (Wildman–Crippen LogP) is 1.29. The molecule has 122 valence electrons. The van der Waals surface area contributed by atoms with Gasteiger partial charge in [0.05, 0.1) is 0 Å². The fourth-order valence-electron chi connectivity index (χ4n) is 1.84. The number of hydrogen-bond donors (Lipinski definition) is 2. The van der Waals surface area contributed by atoms with Crippen molar-refractivity contribution in [2.75, 3.05) is 33.7 Å². The molecular formula is C16H26N4O2. The van der Waals surface area contributed by atoms with Crippen LogP contribution in [0, 0.1) is 0 Å². The highest BCUT2D eigenvalue weighted by atomic mass is 16.2. The van der Waals surface area contributed by atoms with Crippen LogP contribution in [0.4, 0.5) is 0 Å². The van der Waals surface area contributed by atoms with Gasteiger partial charge in [-0.3, -0.25) is 9.59 Å². The molecule has 0 saturated carbocycles. The Balaban J connectivity index is 2.53. The van der Waals surface area contributed by atoms with Crippen LogP contribution in [-0.2, 0) is 0 Å². The fourth-order valence-corrected chi connectivity index (χ4v) is 1.84. The molecule has 6 nitrogen and oxygen atoms in total. The highest BCUT2D eigenvalue weighted by Crippen LogP contribution is 2.00. The van der Waals surface area contributed by atoms with Gasteiger partial charge in [-0.05, 0) is 32.6 Å². The van der Waals surface area contributed by atoms with Gasteiger partial charge in [-0.25, -0.2) is 4.98 Å². The zero-order chi connectivity index (χ0) is 16.4. The van der Waals surface area contributed by atoms with Crippen LogP contribution in [0.1, 0.15) is 47.2 Å². The second-order valence-electron chi connectivity index (χ2n) is 5.43. The summed E-state index contributed by atoms with van der Waals surface area (Å²) in [4.78, 5) is 30.1. The quantitative estimate of drug-likeness (QED) is 0.674. The van der Waals surface area contributed by atoms with Crippen LogP contribution in [0.3, 0.4) is 0 Å². The number of carbonyl (C=O) groups is 2. The molecule has 2 N–H and O–H groups in total.